The van der Waals surface area contributed by atoms with Crippen LogP contribution in [0.3, 0.4) is 0 Å². The van der Waals surface area contributed by atoms with Crippen LogP contribution in [0.25, 0.3) is 0 Å². The van der Waals surface area contributed by atoms with Crippen LogP contribution in [0.15, 0.2) is 24.3 Å². The summed E-state index contributed by atoms with van der Waals surface area (Å²) in [7, 11) is 0. The van der Waals surface area contributed by atoms with Gasteiger partial charge in [0.05, 0.1) is 0 Å². The van der Waals surface area contributed by atoms with Crippen LogP contribution in [0, 0.1) is 0 Å². The van der Waals surface area contributed by atoms with Crippen LogP contribution in [0.2, 0.25) is 0 Å². The fourth-order valence-corrected chi connectivity index (χ4v) is 2.82. The van der Waals surface area contributed by atoms with Crippen LogP contribution in [0.1, 0.15) is 35.2 Å². The third-order valence-electron chi connectivity index (χ3n) is 4.08. The predicted octanol–water partition coefficient (Wildman–Crippen LogP) is 1.71. The minimum Gasteiger partial charge on any atom is -0.464 e. The lowest BCUT2D eigenvalue weighted by Gasteiger charge is -2.30. The Morgan fingerprint density at radius 1 is 1.33 bits per heavy atom. The molecule has 2 rings (SSSR count). The molecular weight excluding hydrogens is 332 g/mol. The van der Waals surface area contributed by atoms with Gasteiger partial charge >= 0.3 is 0 Å². The number of benzene rings is 1. The topological polar surface area (TPSA) is 75.7 Å². The van der Waals surface area contributed by atoms with Crippen molar-refractivity contribution in [3.63, 3.8) is 0 Å². The summed E-state index contributed by atoms with van der Waals surface area (Å²) in [6.45, 7) is 3.20. The molecule has 6 nitrogen and oxygen atoms in total. The molecule has 1 aromatic rings. The maximum absolute atomic E-state index is 11.9. The number of carbonyl (C=O) groups excluding carboxylic acids is 3. The summed E-state index contributed by atoms with van der Waals surface area (Å²) in [5, 5.41) is 2.33. The van der Waals surface area contributed by atoms with Crippen molar-refractivity contribution in [1.82, 2.24) is 10.2 Å². The van der Waals surface area contributed by atoms with Crippen molar-refractivity contribution in [3.8, 4) is 0 Å². The monoisotopic (exact) mass is 352 g/mol. The van der Waals surface area contributed by atoms with E-state index in [-0.39, 0.29) is 12.0 Å². The molecule has 0 aliphatic carbocycles. The molecule has 0 atom stereocenters. The molecule has 0 radical (unpaired) electrons. The fraction of sp³-hybridized carbons (Fsp3) is 0.471. The van der Waals surface area contributed by atoms with E-state index in [1.807, 2.05) is 6.07 Å². The highest BCUT2D eigenvalue weighted by Crippen LogP contribution is 2.13. The van der Waals surface area contributed by atoms with Crippen molar-refractivity contribution in [2.75, 3.05) is 19.6 Å². The first-order valence-electron chi connectivity index (χ1n) is 7.95. The number of halogens is 1. The Kier molecular flexibility index (Phi) is 7.21. The fourth-order valence-electron chi connectivity index (χ4n) is 2.70. The standard InChI is InChI=1S/C17H21ClN2O4/c18-17(23)14-3-1-2-13(10-14)11-19-16(22)6-9-20-7-4-15(5-8-20)24-12-21/h1-3,10,12,15H,4-9,11H2,(H,19,22). The lowest BCUT2D eigenvalue weighted by Crippen LogP contribution is -2.39. The van der Waals surface area contributed by atoms with Crippen LogP contribution in [0.5, 0.6) is 0 Å². The third-order valence-corrected chi connectivity index (χ3v) is 4.30. The smallest absolute Gasteiger partial charge is 0.293 e. The molecule has 0 spiro atoms. The summed E-state index contributed by atoms with van der Waals surface area (Å²) in [6.07, 6.45) is 2.02. The minimum absolute atomic E-state index is 0.00416. The van der Waals surface area contributed by atoms with Gasteiger partial charge in [-0.2, -0.15) is 0 Å². The maximum Gasteiger partial charge on any atom is 0.293 e. The quantitative estimate of drug-likeness (QED) is 0.569. The largest absolute Gasteiger partial charge is 0.464 e. The Labute approximate surface area is 146 Å². The van der Waals surface area contributed by atoms with E-state index < -0.39 is 5.24 Å². The second-order valence-corrected chi connectivity index (χ2v) is 6.12. The summed E-state index contributed by atoms with van der Waals surface area (Å²) < 4.78 is 4.95. The van der Waals surface area contributed by atoms with Gasteiger partial charge in [-0.3, -0.25) is 14.4 Å². The molecule has 0 bridgehead atoms. The average Bonchev–Trinajstić information content (AvgIpc) is 2.60. The molecule has 1 aliphatic heterocycles. The Hall–Kier alpha value is -1.92. The first kappa shape index (κ1) is 18.4. The molecule has 1 fully saturated rings. The lowest BCUT2D eigenvalue weighted by atomic mass is 10.1. The van der Waals surface area contributed by atoms with Gasteiger partial charge in [0.25, 0.3) is 11.7 Å². The molecule has 24 heavy (non-hydrogen) atoms. The van der Waals surface area contributed by atoms with Gasteiger partial charge in [-0.25, -0.2) is 0 Å². The van der Waals surface area contributed by atoms with Gasteiger partial charge in [0.2, 0.25) is 5.91 Å². The van der Waals surface area contributed by atoms with Gasteiger partial charge in [0, 0.05) is 38.2 Å². The van der Waals surface area contributed by atoms with Crippen molar-refractivity contribution in [2.45, 2.75) is 31.9 Å². The molecule has 1 heterocycles. The Morgan fingerprint density at radius 3 is 2.75 bits per heavy atom. The van der Waals surface area contributed by atoms with Crippen LogP contribution in [0.4, 0.5) is 0 Å². The van der Waals surface area contributed by atoms with E-state index in [2.05, 4.69) is 10.2 Å². The van der Waals surface area contributed by atoms with Gasteiger partial charge in [0.15, 0.2) is 0 Å². The van der Waals surface area contributed by atoms with Gasteiger partial charge in [0.1, 0.15) is 6.10 Å². The predicted molar refractivity (Wildman–Crippen MR) is 89.7 cm³/mol. The van der Waals surface area contributed by atoms with Gasteiger partial charge in [-0.15, -0.1) is 0 Å². The maximum atomic E-state index is 11.9. The zero-order valence-electron chi connectivity index (χ0n) is 13.4. The number of rotatable bonds is 8. The molecule has 1 aliphatic rings. The van der Waals surface area contributed by atoms with Gasteiger partial charge < -0.3 is 15.0 Å². The molecule has 1 aromatic carbocycles. The zero-order chi connectivity index (χ0) is 17.4. The SMILES string of the molecule is O=COC1CCN(CCC(=O)NCc2cccc(C(=O)Cl)c2)CC1. The summed E-state index contributed by atoms with van der Waals surface area (Å²) >= 11 is 5.44. The van der Waals surface area contributed by atoms with E-state index in [0.717, 1.165) is 31.5 Å². The van der Waals surface area contributed by atoms with Crippen LogP contribution in [-0.4, -0.2) is 48.3 Å². The van der Waals surface area contributed by atoms with Crippen LogP contribution in [-0.2, 0) is 20.9 Å². The number of nitrogens with one attached hydrogen (secondary N) is 1. The average molecular weight is 353 g/mol. The van der Waals surface area contributed by atoms with E-state index in [0.29, 0.717) is 31.5 Å². The highest BCUT2D eigenvalue weighted by molar-refractivity contribution is 6.67. The highest BCUT2D eigenvalue weighted by Gasteiger charge is 2.20. The Balaban J connectivity index is 1.68. The summed E-state index contributed by atoms with van der Waals surface area (Å²) in [5.41, 5.74) is 1.26. The third kappa shape index (κ3) is 5.94. The summed E-state index contributed by atoms with van der Waals surface area (Å²) in [5.74, 6) is -0.0381. The normalized spacial score (nSPS) is 15.7. The van der Waals surface area contributed by atoms with E-state index in [4.69, 9.17) is 16.3 Å². The van der Waals surface area contributed by atoms with E-state index in [9.17, 15) is 14.4 Å². The van der Waals surface area contributed by atoms with Crippen molar-refractivity contribution < 1.29 is 19.1 Å². The second-order valence-electron chi connectivity index (χ2n) is 5.77. The number of amides is 1. The van der Waals surface area contributed by atoms with Gasteiger partial charge in [-0.05, 0) is 36.1 Å². The molecule has 0 aromatic heterocycles. The van der Waals surface area contributed by atoms with E-state index in [1.165, 1.54) is 0 Å². The molecular formula is C17H21ClN2O4. The van der Waals surface area contributed by atoms with Gasteiger partial charge in [-0.1, -0.05) is 18.2 Å². The number of nitrogens with zero attached hydrogens (tertiary/aromatic N) is 1. The van der Waals surface area contributed by atoms with Crippen LogP contribution < -0.4 is 5.32 Å². The first-order chi connectivity index (χ1) is 11.6. The minimum atomic E-state index is -0.509. The number of ether oxygens (including phenoxy) is 1. The number of hydrogen-bond donors (Lipinski definition) is 1. The molecule has 1 N–H and O–H groups in total. The number of piperidine rings is 1. The van der Waals surface area contributed by atoms with Crippen molar-refractivity contribution in [2.24, 2.45) is 0 Å². The van der Waals surface area contributed by atoms with E-state index in [1.54, 1.807) is 18.2 Å². The van der Waals surface area contributed by atoms with Crippen LogP contribution >= 0.6 is 11.6 Å². The second kappa shape index (κ2) is 9.39. The molecule has 1 amide bonds. The first-order valence-corrected chi connectivity index (χ1v) is 8.33. The van der Waals surface area contributed by atoms with E-state index >= 15 is 0 Å². The lowest BCUT2D eigenvalue weighted by molar-refractivity contribution is -0.135. The molecule has 1 saturated heterocycles. The Bertz CT molecular complexity index is 586. The summed E-state index contributed by atoms with van der Waals surface area (Å²) in [4.78, 5) is 35.6. The van der Waals surface area contributed by atoms with Crippen molar-refractivity contribution in [3.05, 3.63) is 35.4 Å². The number of hydrogen-bond acceptors (Lipinski definition) is 5. The molecule has 0 unspecified atom stereocenters. The number of carbonyl (C=O) groups is 3. The number of likely N-dealkylation sites (tertiary alicyclic amines) is 1. The molecule has 0 saturated carbocycles. The molecule has 7 heteroatoms. The molecule has 130 valence electrons. The van der Waals surface area contributed by atoms with Crippen molar-refractivity contribution >= 4 is 29.2 Å². The summed E-state index contributed by atoms with van der Waals surface area (Å²) in [6, 6.07) is 6.89. The Morgan fingerprint density at radius 2 is 2.08 bits per heavy atom. The zero-order valence-corrected chi connectivity index (χ0v) is 14.1. The van der Waals surface area contributed by atoms with Crippen molar-refractivity contribution in [1.29, 1.82) is 0 Å². The highest BCUT2D eigenvalue weighted by atomic mass is 35.5.